The van der Waals surface area contributed by atoms with Gasteiger partial charge in [0.2, 0.25) is 0 Å². The van der Waals surface area contributed by atoms with Gasteiger partial charge in [0.15, 0.2) is 5.84 Å². The van der Waals surface area contributed by atoms with Crippen LogP contribution >= 0.6 is 11.8 Å². The highest BCUT2D eigenvalue weighted by molar-refractivity contribution is 8.01. The summed E-state index contributed by atoms with van der Waals surface area (Å²) in [4.78, 5) is 32.3. The summed E-state index contributed by atoms with van der Waals surface area (Å²) in [6, 6.07) is 7.28. The molecule has 7 nitrogen and oxygen atoms in total. The van der Waals surface area contributed by atoms with Crippen molar-refractivity contribution >= 4 is 29.7 Å². The van der Waals surface area contributed by atoms with Crippen molar-refractivity contribution < 1.29 is 9.53 Å². The summed E-state index contributed by atoms with van der Waals surface area (Å²) in [6.07, 6.45) is 4.27. The van der Waals surface area contributed by atoms with Gasteiger partial charge in [-0.25, -0.2) is 9.98 Å². The van der Waals surface area contributed by atoms with Crippen molar-refractivity contribution in [1.29, 1.82) is 0 Å². The monoisotopic (exact) mass is 379 g/mol. The minimum atomic E-state index is -0.121. The van der Waals surface area contributed by atoms with E-state index < -0.39 is 0 Å². The van der Waals surface area contributed by atoms with E-state index in [2.05, 4.69) is 14.9 Å². The zero-order chi connectivity index (χ0) is 18.2. The molecule has 0 aliphatic carbocycles. The quantitative estimate of drug-likeness (QED) is 0.743. The summed E-state index contributed by atoms with van der Waals surface area (Å²) >= 11 is 1.68. The standard InChI is InChI=1S/C19H17N5O2S/c25-11-12-2-1-3-13(10-12)17-22-14-15-19(21-5-4-20-15)27-16(14)18(23-17)24-6-8-26-9-7-24/h1-5,10-11,14,16H,6-9H2. The van der Waals surface area contributed by atoms with Crippen LogP contribution in [0.15, 0.2) is 51.7 Å². The van der Waals surface area contributed by atoms with Gasteiger partial charge < -0.3 is 9.64 Å². The van der Waals surface area contributed by atoms with Gasteiger partial charge in [-0.1, -0.05) is 30.0 Å². The van der Waals surface area contributed by atoms with Crippen LogP contribution in [0.3, 0.4) is 0 Å². The topological polar surface area (TPSA) is 80.0 Å². The number of ether oxygens (including phenoxy) is 1. The molecule has 3 aliphatic rings. The summed E-state index contributed by atoms with van der Waals surface area (Å²) in [5.41, 5.74) is 2.35. The Balaban J connectivity index is 1.61. The predicted molar refractivity (Wildman–Crippen MR) is 103 cm³/mol. The summed E-state index contributed by atoms with van der Waals surface area (Å²) in [6.45, 7) is 3.00. The van der Waals surface area contributed by atoms with Crippen molar-refractivity contribution in [2.75, 3.05) is 26.3 Å². The van der Waals surface area contributed by atoms with Crippen molar-refractivity contribution in [3.05, 3.63) is 53.5 Å². The molecule has 0 N–H and O–H groups in total. The molecule has 2 unspecified atom stereocenters. The molecule has 0 saturated carbocycles. The van der Waals surface area contributed by atoms with Crippen LogP contribution in [0.4, 0.5) is 0 Å². The number of carbonyl (C=O) groups excluding carboxylic acids is 1. The Bertz CT molecular complexity index is 955. The van der Waals surface area contributed by atoms with Crippen LogP contribution in [0.25, 0.3) is 0 Å². The van der Waals surface area contributed by atoms with E-state index >= 15 is 0 Å². The van der Waals surface area contributed by atoms with Gasteiger partial charge in [0.25, 0.3) is 0 Å². The molecule has 0 spiro atoms. The fraction of sp³-hybridized carbons (Fsp3) is 0.316. The van der Waals surface area contributed by atoms with E-state index in [0.29, 0.717) is 24.6 Å². The molecule has 3 aliphatic heterocycles. The fourth-order valence-corrected chi connectivity index (χ4v) is 4.83. The first kappa shape index (κ1) is 16.6. The number of hydrogen-bond acceptors (Lipinski definition) is 8. The number of nitrogens with zero attached hydrogens (tertiary/aromatic N) is 5. The Labute approximate surface area is 160 Å². The van der Waals surface area contributed by atoms with Crippen LogP contribution < -0.4 is 0 Å². The van der Waals surface area contributed by atoms with Gasteiger partial charge in [0, 0.05) is 36.6 Å². The third-order valence-corrected chi connectivity index (χ3v) is 6.11. The van der Waals surface area contributed by atoms with E-state index in [4.69, 9.17) is 14.7 Å². The molecule has 4 heterocycles. The van der Waals surface area contributed by atoms with Gasteiger partial charge in [-0.3, -0.25) is 14.8 Å². The number of thioether (sulfide) groups is 1. The van der Waals surface area contributed by atoms with Gasteiger partial charge in [0.1, 0.15) is 23.2 Å². The molecule has 136 valence electrons. The molecule has 5 rings (SSSR count). The van der Waals surface area contributed by atoms with Gasteiger partial charge in [-0.15, -0.1) is 0 Å². The minimum Gasteiger partial charge on any atom is -0.378 e. The Morgan fingerprint density at radius 2 is 2.04 bits per heavy atom. The maximum atomic E-state index is 11.2. The molecule has 1 aromatic heterocycles. The third kappa shape index (κ3) is 2.94. The van der Waals surface area contributed by atoms with E-state index in [1.54, 1.807) is 30.2 Å². The lowest BCUT2D eigenvalue weighted by Gasteiger charge is -2.35. The Hall–Kier alpha value is -2.58. The second-order valence-corrected chi connectivity index (χ2v) is 7.63. The largest absolute Gasteiger partial charge is 0.378 e. The number of aliphatic imine (C=N–C) groups is 2. The molecular weight excluding hydrogens is 362 g/mol. The van der Waals surface area contributed by atoms with Crippen LogP contribution in [-0.2, 0) is 4.74 Å². The van der Waals surface area contributed by atoms with Gasteiger partial charge in [0.05, 0.1) is 24.2 Å². The van der Waals surface area contributed by atoms with E-state index in [-0.39, 0.29) is 11.3 Å². The highest BCUT2D eigenvalue weighted by Crippen LogP contribution is 2.46. The van der Waals surface area contributed by atoms with Crippen LogP contribution in [-0.4, -0.2) is 64.4 Å². The second-order valence-electron chi connectivity index (χ2n) is 6.50. The maximum absolute atomic E-state index is 11.2. The molecule has 1 fully saturated rings. The number of morpholine rings is 1. The minimum absolute atomic E-state index is 0.0681. The van der Waals surface area contributed by atoms with Crippen molar-refractivity contribution in [3.63, 3.8) is 0 Å². The lowest BCUT2D eigenvalue weighted by atomic mass is 10.1. The normalized spacial score (nSPS) is 23.9. The number of benzene rings is 1. The van der Waals surface area contributed by atoms with Crippen LogP contribution in [0.2, 0.25) is 0 Å². The van der Waals surface area contributed by atoms with Gasteiger partial charge >= 0.3 is 0 Å². The van der Waals surface area contributed by atoms with Crippen molar-refractivity contribution in [1.82, 2.24) is 14.9 Å². The number of hydrogen-bond donors (Lipinski definition) is 0. The molecule has 8 heteroatoms. The fourth-order valence-electron chi connectivity index (χ4n) is 3.55. The highest BCUT2D eigenvalue weighted by Gasteiger charge is 2.43. The number of rotatable bonds is 2. The van der Waals surface area contributed by atoms with Crippen molar-refractivity contribution in [2.45, 2.75) is 16.3 Å². The van der Waals surface area contributed by atoms with Crippen LogP contribution in [0.1, 0.15) is 27.7 Å². The lowest BCUT2D eigenvalue weighted by Crippen LogP contribution is -2.47. The average Bonchev–Trinajstić information content (AvgIpc) is 3.12. The Kier molecular flexibility index (Phi) is 4.21. The first-order valence-electron chi connectivity index (χ1n) is 8.86. The molecule has 1 aromatic carbocycles. The number of carbonyl (C=O) groups is 1. The highest BCUT2D eigenvalue weighted by atomic mass is 32.2. The SMILES string of the molecule is O=Cc1cccc(C2=NC3c4nccnc4SC3C(N3CCOCC3)=N2)c1. The molecular formula is C19H17N5O2S. The van der Waals surface area contributed by atoms with E-state index in [1.807, 2.05) is 18.2 Å². The van der Waals surface area contributed by atoms with Gasteiger partial charge in [-0.2, -0.15) is 0 Å². The molecule has 2 atom stereocenters. The molecule has 2 aromatic rings. The number of aldehydes is 1. The predicted octanol–water partition coefficient (Wildman–Crippen LogP) is 2.00. The Morgan fingerprint density at radius 1 is 1.19 bits per heavy atom. The smallest absolute Gasteiger partial charge is 0.157 e. The van der Waals surface area contributed by atoms with Gasteiger partial charge in [-0.05, 0) is 6.07 Å². The molecule has 0 amide bonds. The molecule has 1 saturated heterocycles. The Morgan fingerprint density at radius 3 is 2.89 bits per heavy atom. The third-order valence-electron chi connectivity index (χ3n) is 4.85. The van der Waals surface area contributed by atoms with E-state index in [9.17, 15) is 4.79 Å². The summed E-state index contributed by atoms with van der Waals surface area (Å²) in [7, 11) is 0. The van der Waals surface area contributed by atoms with Crippen molar-refractivity contribution in [2.24, 2.45) is 9.98 Å². The molecule has 0 bridgehead atoms. The number of fused-ring (bicyclic) bond motifs is 3. The average molecular weight is 379 g/mol. The number of amidine groups is 2. The second kappa shape index (κ2) is 6.86. The summed E-state index contributed by atoms with van der Waals surface area (Å²) in [5, 5.41) is 0.985. The first-order chi connectivity index (χ1) is 13.3. The summed E-state index contributed by atoms with van der Waals surface area (Å²) < 4.78 is 5.51. The molecule has 0 radical (unpaired) electrons. The van der Waals surface area contributed by atoms with E-state index in [1.165, 1.54) is 0 Å². The van der Waals surface area contributed by atoms with Crippen LogP contribution in [0, 0.1) is 0 Å². The zero-order valence-corrected chi connectivity index (χ0v) is 15.3. The maximum Gasteiger partial charge on any atom is 0.157 e. The van der Waals surface area contributed by atoms with Crippen LogP contribution in [0.5, 0.6) is 0 Å². The summed E-state index contributed by atoms with van der Waals surface area (Å²) in [5.74, 6) is 1.63. The first-order valence-corrected chi connectivity index (χ1v) is 9.74. The van der Waals surface area contributed by atoms with Crippen molar-refractivity contribution in [3.8, 4) is 0 Å². The van der Waals surface area contributed by atoms with E-state index in [0.717, 1.165) is 41.5 Å². The molecule has 27 heavy (non-hydrogen) atoms. The lowest BCUT2D eigenvalue weighted by molar-refractivity contribution is 0.0672. The zero-order valence-electron chi connectivity index (χ0n) is 14.5. The number of aromatic nitrogens is 2.